The first-order chi connectivity index (χ1) is 8.29. The Morgan fingerprint density at radius 1 is 1.29 bits per heavy atom. The quantitative estimate of drug-likeness (QED) is 0.859. The van der Waals surface area contributed by atoms with Gasteiger partial charge in [-0.05, 0) is 11.8 Å². The molecule has 3 nitrogen and oxygen atoms in total. The second-order valence-corrected chi connectivity index (χ2v) is 4.57. The zero-order valence-corrected chi connectivity index (χ0v) is 10.9. The molecule has 0 aliphatic heterocycles. The van der Waals surface area contributed by atoms with Crippen LogP contribution in [0, 0.1) is 0 Å². The van der Waals surface area contributed by atoms with Gasteiger partial charge in [-0.3, -0.25) is 0 Å². The maximum absolute atomic E-state index is 5.83. The highest BCUT2D eigenvalue weighted by molar-refractivity contribution is 7.98. The van der Waals surface area contributed by atoms with Crippen LogP contribution >= 0.6 is 23.4 Å². The molecule has 0 saturated heterocycles. The first-order valence-electron chi connectivity index (χ1n) is 5.14. The summed E-state index contributed by atoms with van der Waals surface area (Å²) in [5.74, 6) is 0.730. The summed E-state index contributed by atoms with van der Waals surface area (Å²) in [6, 6.07) is 10.1. The summed E-state index contributed by atoms with van der Waals surface area (Å²) in [5, 5.41) is 4.50. The van der Waals surface area contributed by atoms with Crippen LogP contribution in [0.1, 0.15) is 5.56 Å². The molecule has 0 aliphatic carbocycles. The number of benzene rings is 1. The van der Waals surface area contributed by atoms with Gasteiger partial charge in [-0.15, -0.1) is 11.8 Å². The number of nitrogens with one attached hydrogen (secondary N) is 1. The molecule has 1 aromatic heterocycles. The van der Waals surface area contributed by atoms with Gasteiger partial charge in [0.2, 0.25) is 0 Å². The molecule has 2 rings (SSSR count). The van der Waals surface area contributed by atoms with Gasteiger partial charge in [0.05, 0.1) is 6.20 Å². The Labute approximate surface area is 110 Å². The monoisotopic (exact) mass is 265 g/mol. The zero-order valence-electron chi connectivity index (χ0n) is 9.35. The van der Waals surface area contributed by atoms with Crippen LogP contribution in [0.25, 0.3) is 0 Å². The van der Waals surface area contributed by atoms with E-state index in [1.54, 1.807) is 18.0 Å². The average Bonchev–Trinajstić information content (AvgIpc) is 2.38. The second kappa shape index (κ2) is 5.89. The maximum Gasteiger partial charge on any atom is 0.160 e. The first kappa shape index (κ1) is 12.2. The Bertz CT molecular complexity index is 490. The van der Waals surface area contributed by atoms with E-state index in [1.165, 1.54) is 5.56 Å². The van der Waals surface area contributed by atoms with E-state index in [2.05, 4.69) is 27.4 Å². The summed E-state index contributed by atoms with van der Waals surface area (Å²) in [5.41, 5.74) is 1.20. The van der Waals surface area contributed by atoms with Crippen LogP contribution in [-0.4, -0.2) is 16.2 Å². The lowest BCUT2D eigenvalue weighted by Gasteiger charge is -2.08. The van der Waals surface area contributed by atoms with Crippen LogP contribution in [0.2, 0.25) is 5.15 Å². The third-order valence-electron chi connectivity index (χ3n) is 2.21. The molecule has 1 aromatic carbocycles. The van der Waals surface area contributed by atoms with E-state index in [-0.39, 0.29) is 0 Å². The van der Waals surface area contributed by atoms with Crippen molar-refractivity contribution >= 4 is 29.2 Å². The van der Waals surface area contributed by atoms with Gasteiger partial charge < -0.3 is 5.32 Å². The third kappa shape index (κ3) is 3.35. The van der Waals surface area contributed by atoms with Crippen LogP contribution in [0.4, 0.5) is 5.82 Å². The maximum atomic E-state index is 5.83. The molecule has 0 spiro atoms. The fourth-order valence-electron chi connectivity index (χ4n) is 1.40. The van der Waals surface area contributed by atoms with Crippen molar-refractivity contribution in [3.8, 4) is 0 Å². The van der Waals surface area contributed by atoms with Crippen molar-refractivity contribution in [1.82, 2.24) is 9.97 Å². The van der Waals surface area contributed by atoms with E-state index >= 15 is 0 Å². The molecule has 0 aliphatic rings. The molecule has 5 heteroatoms. The summed E-state index contributed by atoms with van der Waals surface area (Å²) in [6.07, 6.45) is 3.52. The van der Waals surface area contributed by atoms with Crippen molar-refractivity contribution in [2.75, 3.05) is 11.6 Å². The van der Waals surface area contributed by atoms with E-state index in [0.29, 0.717) is 11.7 Å². The van der Waals surface area contributed by atoms with Crippen molar-refractivity contribution in [1.29, 1.82) is 0 Å². The first-order valence-corrected chi connectivity index (χ1v) is 6.74. The van der Waals surface area contributed by atoms with Gasteiger partial charge in [-0.1, -0.05) is 41.9 Å². The van der Waals surface area contributed by atoms with Crippen LogP contribution in [-0.2, 0) is 6.54 Å². The minimum atomic E-state index is 0.401. The Morgan fingerprint density at radius 2 is 2.06 bits per heavy atom. The van der Waals surface area contributed by atoms with Gasteiger partial charge in [0.1, 0.15) is 10.2 Å². The molecule has 0 amide bonds. The summed E-state index contributed by atoms with van der Waals surface area (Å²) < 4.78 is 0. The number of hydrogen-bond acceptors (Lipinski definition) is 4. The predicted molar refractivity (Wildman–Crippen MR) is 72.6 cm³/mol. The van der Waals surface area contributed by atoms with Gasteiger partial charge in [0.15, 0.2) is 5.82 Å². The average molecular weight is 266 g/mol. The molecule has 0 radical (unpaired) electrons. The van der Waals surface area contributed by atoms with Gasteiger partial charge >= 0.3 is 0 Å². The Balaban J connectivity index is 2.11. The number of thioether (sulfide) groups is 1. The van der Waals surface area contributed by atoms with Crippen molar-refractivity contribution in [3.05, 3.63) is 47.2 Å². The van der Waals surface area contributed by atoms with Gasteiger partial charge in [0.25, 0.3) is 0 Å². The Hall–Kier alpha value is -1.26. The molecular weight excluding hydrogens is 254 g/mol. The second-order valence-electron chi connectivity index (χ2n) is 3.39. The summed E-state index contributed by atoms with van der Waals surface area (Å²) >= 11 is 7.38. The van der Waals surface area contributed by atoms with E-state index < -0.39 is 0 Å². The van der Waals surface area contributed by atoms with Gasteiger partial charge in [0, 0.05) is 6.54 Å². The molecule has 0 fully saturated rings. The van der Waals surface area contributed by atoms with E-state index in [1.807, 2.05) is 24.5 Å². The number of rotatable bonds is 4. The van der Waals surface area contributed by atoms with Crippen LogP contribution in [0.3, 0.4) is 0 Å². The molecule has 88 valence electrons. The topological polar surface area (TPSA) is 37.8 Å². The Morgan fingerprint density at radius 3 is 2.76 bits per heavy atom. The molecule has 0 unspecified atom stereocenters. The van der Waals surface area contributed by atoms with E-state index in [4.69, 9.17) is 11.6 Å². The fourth-order valence-corrected chi connectivity index (χ4v) is 2.01. The summed E-state index contributed by atoms with van der Waals surface area (Å²) in [4.78, 5) is 8.45. The number of nitrogens with zero attached hydrogens (tertiary/aromatic N) is 2. The number of halogens is 1. The molecule has 0 bridgehead atoms. The lowest BCUT2D eigenvalue weighted by Crippen LogP contribution is -2.03. The summed E-state index contributed by atoms with van der Waals surface area (Å²) in [6.45, 7) is 0.712. The van der Waals surface area contributed by atoms with Crippen LogP contribution < -0.4 is 5.32 Å². The lowest BCUT2D eigenvalue weighted by atomic mass is 10.2. The van der Waals surface area contributed by atoms with Gasteiger partial charge in [-0.25, -0.2) is 9.97 Å². The SMILES string of the molecule is CSc1ncc(Cl)nc1NCc1ccccc1. The van der Waals surface area contributed by atoms with Gasteiger partial charge in [-0.2, -0.15) is 0 Å². The highest BCUT2D eigenvalue weighted by Crippen LogP contribution is 2.22. The third-order valence-corrected chi connectivity index (χ3v) is 3.07. The highest BCUT2D eigenvalue weighted by atomic mass is 35.5. The molecule has 0 saturated carbocycles. The standard InChI is InChI=1S/C12H12ClN3S/c1-17-12-11(16-10(13)8-15-12)14-7-9-5-3-2-4-6-9/h2-6,8H,7H2,1H3,(H,14,16). The minimum Gasteiger partial charge on any atom is -0.364 e. The molecule has 17 heavy (non-hydrogen) atoms. The molecular formula is C12H12ClN3S. The van der Waals surface area contributed by atoms with Crippen LogP contribution in [0.15, 0.2) is 41.6 Å². The molecule has 1 heterocycles. The number of aromatic nitrogens is 2. The molecule has 0 atom stereocenters. The Kier molecular flexibility index (Phi) is 4.23. The molecule has 2 aromatic rings. The zero-order chi connectivity index (χ0) is 12.1. The van der Waals surface area contributed by atoms with Crippen molar-refractivity contribution < 1.29 is 0 Å². The lowest BCUT2D eigenvalue weighted by molar-refractivity contribution is 1.01. The summed E-state index contributed by atoms with van der Waals surface area (Å²) in [7, 11) is 0. The van der Waals surface area contributed by atoms with Crippen molar-refractivity contribution in [2.45, 2.75) is 11.6 Å². The smallest absolute Gasteiger partial charge is 0.160 e. The number of anilines is 1. The largest absolute Gasteiger partial charge is 0.364 e. The molecule has 1 N–H and O–H groups in total. The van der Waals surface area contributed by atoms with Crippen molar-refractivity contribution in [2.24, 2.45) is 0 Å². The van der Waals surface area contributed by atoms with Crippen molar-refractivity contribution in [3.63, 3.8) is 0 Å². The predicted octanol–water partition coefficient (Wildman–Crippen LogP) is 3.46. The fraction of sp³-hybridized carbons (Fsp3) is 0.167. The van der Waals surface area contributed by atoms with E-state index in [9.17, 15) is 0 Å². The van der Waals surface area contributed by atoms with Crippen LogP contribution in [0.5, 0.6) is 0 Å². The number of hydrogen-bond donors (Lipinski definition) is 1. The highest BCUT2D eigenvalue weighted by Gasteiger charge is 2.05. The van der Waals surface area contributed by atoms with E-state index in [0.717, 1.165) is 10.8 Å². The normalized spacial score (nSPS) is 10.2. The minimum absolute atomic E-state index is 0.401.